The van der Waals surface area contributed by atoms with E-state index in [1.165, 1.54) is 6.92 Å². The molecule has 0 saturated heterocycles. The van der Waals surface area contributed by atoms with Gasteiger partial charge in [0.25, 0.3) is 5.91 Å². The molecule has 1 N–H and O–H groups in total. The van der Waals surface area contributed by atoms with E-state index in [1.807, 2.05) is 0 Å². The van der Waals surface area contributed by atoms with Gasteiger partial charge in [-0.3, -0.25) is 14.4 Å². The Hall–Kier alpha value is -1.19. The van der Waals surface area contributed by atoms with E-state index in [4.69, 9.17) is 0 Å². The Morgan fingerprint density at radius 1 is 1.31 bits per heavy atom. The number of nitrogens with one attached hydrogen (secondary N) is 1. The molecular weight excluding hydrogens is 170 g/mol. The van der Waals surface area contributed by atoms with Gasteiger partial charge >= 0.3 is 0 Å². The number of hydrogen-bond donors (Lipinski definition) is 1. The molecule has 1 fully saturated rings. The average Bonchev–Trinajstić information content (AvgIpc) is 2.08. The minimum atomic E-state index is -0.542. The van der Waals surface area contributed by atoms with E-state index < -0.39 is 11.7 Å². The first-order chi connectivity index (χ1) is 6.09. The van der Waals surface area contributed by atoms with Gasteiger partial charge < -0.3 is 5.32 Å². The summed E-state index contributed by atoms with van der Waals surface area (Å²) in [7, 11) is 0. The Balaban J connectivity index is 2.34. The van der Waals surface area contributed by atoms with Gasteiger partial charge in [0.1, 0.15) is 5.78 Å². The quantitative estimate of drug-likeness (QED) is 0.622. The van der Waals surface area contributed by atoms with Gasteiger partial charge in [-0.15, -0.1) is 0 Å². The first-order valence-electron chi connectivity index (χ1n) is 4.42. The van der Waals surface area contributed by atoms with Crippen molar-refractivity contribution in [1.29, 1.82) is 0 Å². The molecule has 0 radical (unpaired) electrons. The first-order valence-corrected chi connectivity index (χ1v) is 4.42. The van der Waals surface area contributed by atoms with Gasteiger partial charge in [-0.05, 0) is 12.8 Å². The molecule has 0 heterocycles. The van der Waals surface area contributed by atoms with Crippen LogP contribution in [0.1, 0.15) is 32.6 Å². The third-order valence-electron chi connectivity index (χ3n) is 2.20. The zero-order valence-electron chi connectivity index (χ0n) is 7.63. The Kier molecular flexibility index (Phi) is 3.17. The number of Topliss-reactive ketones (excluding diaryl/α,β-unsaturated/α-hetero) is 2. The molecule has 72 valence electrons. The first kappa shape index (κ1) is 9.89. The third-order valence-corrected chi connectivity index (χ3v) is 2.20. The highest BCUT2D eigenvalue weighted by Crippen LogP contribution is 2.14. The Labute approximate surface area is 76.7 Å². The molecule has 0 bridgehead atoms. The molecule has 13 heavy (non-hydrogen) atoms. The SMILES string of the molecule is CC(=O)C(=O)NC1CCC(=O)CC1. The number of hydrogen-bond acceptors (Lipinski definition) is 3. The minimum Gasteiger partial charge on any atom is -0.347 e. The van der Waals surface area contributed by atoms with Crippen molar-refractivity contribution in [2.45, 2.75) is 38.6 Å². The summed E-state index contributed by atoms with van der Waals surface area (Å²) in [4.78, 5) is 32.4. The second-order valence-corrected chi connectivity index (χ2v) is 3.34. The molecule has 0 spiro atoms. The molecule has 1 amide bonds. The number of carbonyl (C=O) groups is 3. The summed E-state index contributed by atoms with van der Waals surface area (Å²) >= 11 is 0. The topological polar surface area (TPSA) is 63.2 Å². The lowest BCUT2D eigenvalue weighted by atomic mass is 9.94. The molecule has 4 nitrogen and oxygen atoms in total. The van der Waals surface area contributed by atoms with E-state index in [0.29, 0.717) is 25.7 Å². The van der Waals surface area contributed by atoms with Crippen molar-refractivity contribution in [1.82, 2.24) is 5.32 Å². The van der Waals surface area contributed by atoms with Crippen LogP contribution in [-0.2, 0) is 14.4 Å². The van der Waals surface area contributed by atoms with Crippen LogP contribution in [0.2, 0.25) is 0 Å². The van der Waals surface area contributed by atoms with E-state index in [-0.39, 0.29) is 11.8 Å². The van der Waals surface area contributed by atoms with Crippen molar-refractivity contribution >= 4 is 17.5 Å². The number of rotatable bonds is 2. The van der Waals surface area contributed by atoms with Gasteiger partial charge in [0.2, 0.25) is 5.78 Å². The van der Waals surface area contributed by atoms with Crippen LogP contribution >= 0.6 is 0 Å². The smallest absolute Gasteiger partial charge is 0.287 e. The molecule has 1 aliphatic rings. The summed E-state index contributed by atoms with van der Waals surface area (Å²) in [5, 5.41) is 2.60. The summed E-state index contributed by atoms with van der Waals surface area (Å²) in [5.74, 6) is -0.774. The normalized spacial score (nSPS) is 18.4. The number of carbonyl (C=O) groups excluding carboxylic acids is 3. The highest BCUT2D eigenvalue weighted by molar-refractivity contribution is 6.35. The molecule has 0 unspecified atom stereocenters. The summed E-state index contributed by atoms with van der Waals surface area (Å²) in [6.07, 6.45) is 2.36. The molecule has 1 rings (SSSR count). The predicted molar refractivity (Wildman–Crippen MR) is 46.1 cm³/mol. The molecular formula is C9H13NO3. The van der Waals surface area contributed by atoms with E-state index in [0.717, 1.165) is 0 Å². The average molecular weight is 183 g/mol. The zero-order chi connectivity index (χ0) is 9.84. The molecule has 0 aliphatic heterocycles. The fraction of sp³-hybridized carbons (Fsp3) is 0.667. The number of amides is 1. The van der Waals surface area contributed by atoms with Gasteiger partial charge in [-0.2, -0.15) is 0 Å². The van der Waals surface area contributed by atoms with E-state index in [1.54, 1.807) is 0 Å². The van der Waals surface area contributed by atoms with Crippen LogP contribution in [0.4, 0.5) is 0 Å². The van der Waals surface area contributed by atoms with Crippen molar-refractivity contribution in [3.05, 3.63) is 0 Å². The molecule has 0 aromatic carbocycles. The van der Waals surface area contributed by atoms with Gasteiger partial charge in [0, 0.05) is 25.8 Å². The molecule has 0 atom stereocenters. The Morgan fingerprint density at radius 3 is 2.31 bits per heavy atom. The summed E-state index contributed by atoms with van der Waals surface area (Å²) < 4.78 is 0. The maximum atomic E-state index is 10.9. The lowest BCUT2D eigenvalue weighted by molar-refractivity contribution is -0.137. The third kappa shape index (κ3) is 2.97. The van der Waals surface area contributed by atoms with Crippen LogP contribution < -0.4 is 5.32 Å². The second kappa shape index (κ2) is 4.16. The van der Waals surface area contributed by atoms with Crippen LogP contribution in [0.25, 0.3) is 0 Å². The lowest BCUT2D eigenvalue weighted by Crippen LogP contribution is -2.40. The van der Waals surface area contributed by atoms with E-state index >= 15 is 0 Å². The van der Waals surface area contributed by atoms with Crippen molar-refractivity contribution in [2.75, 3.05) is 0 Å². The monoisotopic (exact) mass is 183 g/mol. The molecule has 4 heteroatoms. The van der Waals surface area contributed by atoms with Gasteiger partial charge in [0.15, 0.2) is 0 Å². The molecule has 0 aromatic rings. The van der Waals surface area contributed by atoms with Crippen LogP contribution in [0.5, 0.6) is 0 Å². The maximum absolute atomic E-state index is 10.9. The maximum Gasteiger partial charge on any atom is 0.287 e. The highest BCUT2D eigenvalue weighted by Gasteiger charge is 2.21. The highest BCUT2D eigenvalue weighted by atomic mass is 16.2. The fourth-order valence-corrected chi connectivity index (χ4v) is 1.37. The number of ketones is 2. The van der Waals surface area contributed by atoms with Crippen molar-refractivity contribution in [2.24, 2.45) is 0 Å². The van der Waals surface area contributed by atoms with E-state index in [2.05, 4.69) is 5.32 Å². The largest absolute Gasteiger partial charge is 0.347 e. The summed E-state index contributed by atoms with van der Waals surface area (Å²) in [5.41, 5.74) is 0. The van der Waals surface area contributed by atoms with Gasteiger partial charge in [-0.25, -0.2) is 0 Å². The van der Waals surface area contributed by atoms with E-state index in [9.17, 15) is 14.4 Å². The predicted octanol–water partition coefficient (Wildman–Crippen LogP) is 0.203. The van der Waals surface area contributed by atoms with Crippen LogP contribution in [0.3, 0.4) is 0 Å². The summed E-state index contributed by atoms with van der Waals surface area (Å²) in [6.45, 7) is 1.24. The molecule has 1 saturated carbocycles. The summed E-state index contributed by atoms with van der Waals surface area (Å²) in [6, 6.07) is 0.00843. The second-order valence-electron chi connectivity index (χ2n) is 3.34. The zero-order valence-corrected chi connectivity index (χ0v) is 7.63. The molecule has 1 aliphatic carbocycles. The van der Waals surface area contributed by atoms with Crippen LogP contribution in [0.15, 0.2) is 0 Å². The Bertz CT molecular complexity index is 237. The lowest BCUT2D eigenvalue weighted by Gasteiger charge is -2.21. The Morgan fingerprint density at radius 2 is 1.85 bits per heavy atom. The molecule has 0 aromatic heterocycles. The fourth-order valence-electron chi connectivity index (χ4n) is 1.37. The van der Waals surface area contributed by atoms with Gasteiger partial charge in [0.05, 0.1) is 0 Å². The van der Waals surface area contributed by atoms with Crippen molar-refractivity contribution in [3.8, 4) is 0 Å². The van der Waals surface area contributed by atoms with Gasteiger partial charge in [-0.1, -0.05) is 0 Å². The van der Waals surface area contributed by atoms with Crippen molar-refractivity contribution < 1.29 is 14.4 Å². The minimum absolute atomic E-state index is 0.00843. The van der Waals surface area contributed by atoms with Crippen LogP contribution in [-0.4, -0.2) is 23.5 Å². The van der Waals surface area contributed by atoms with Crippen LogP contribution in [0, 0.1) is 0 Å². The van der Waals surface area contributed by atoms with Crippen molar-refractivity contribution in [3.63, 3.8) is 0 Å². The standard InChI is InChI=1S/C9H13NO3/c1-6(11)9(13)10-7-2-4-8(12)5-3-7/h7H,2-5H2,1H3,(H,10,13).